The van der Waals surface area contributed by atoms with Gasteiger partial charge in [-0.15, -0.1) is 0 Å². The van der Waals surface area contributed by atoms with E-state index in [9.17, 15) is 0 Å². The fraction of sp³-hybridized carbons (Fsp3) is 0. The van der Waals surface area contributed by atoms with Gasteiger partial charge in [-0.2, -0.15) is 0 Å². The first-order valence-corrected chi connectivity index (χ1v) is 0. The van der Waals surface area contributed by atoms with Gasteiger partial charge in [0.05, 0.1) is 0 Å². The predicted molar refractivity (Wildman–Crippen MR) is 36.4 cm³/mol. The topological polar surface area (TPSA) is 0 Å². The normalized spacial score (nSPS) is 0. The molecule has 4 heteroatoms. The second-order valence-electron chi connectivity index (χ2n) is 0. The minimum Gasteiger partial charge on any atom is 2.00 e. The van der Waals surface area contributed by atoms with Crippen LogP contribution in [0.3, 0.4) is 0 Å². The van der Waals surface area contributed by atoms with E-state index in [1.54, 1.807) is 0 Å². The van der Waals surface area contributed by atoms with Gasteiger partial charge in [0.25, 0.3) is 0 Å². The van der Waals surface area contributed by atoms with E-state index in [1.807, 2.05) is 0 Å². The number of hydrogen-bond donors (Lipinski definition) is 0. The summed E-state index contributed by atoms with van der Waals surface area (Å²) in [4.78, 5) is 0. The van der Waals surface area contributed by atoms with Crippen molar-refractivity contribution in [3.8, 4) is 0 Å². The van der Waals surface area contributed by atoms with Crippen molar-refractivity contribution in [1.29, 1.82) is 0 Å². The maximum Gasteiger partial charge on any atom is 2.00 e. The van der Waals surface area contributed by atoms with Crippen LogP contribution in [-0.4, -0.2) is 121 Å². The molecule has 0 aromatic rings. The zero-order valence-corrected chi connectivity index (χ0v) is 15.1. The Kier molecular flexibility index (Phi) is 96.1. The summed E-state index contributed by atoms with van der Waals surface area (Å²) >= 11 is 0. The minimum absolute atomic E-state index is 0. The van der Waals surface area contributed by atoms with Crippen molar-refractivity contribution in [2.45, 2.75) is 0 Å². The summed E-state index contributed by atoms with van der Waals surface area (Å²) in [5, 5.41) is 0. The van der Waals surface area contributed by atoms with Crippen molar-refractivity contribution in [1.82, 2.24) is 0 Å². The quantitative estimate of drug-likeness (QED) is 0.281. The molecule has 24 valence electrons. The van der Waals surface area contributed by atoms with Crippen molar-refractivity contribution in [2.24, 2.45) is 0 Å². The molecule has 0 aromatic heterocycles. The Hall–Kier alpha value is 4.03. The summed E-state index contributed by atoms with van der Waals surface area (Å²) in [5.41, 5.74) is 0. The molecule has 0 amide bonds. The van der Waals surface area contributed by atoms with Crippen molar-refractivity contribution in [3.05, 3.63) is 0 Å². The zero-order valence-electron chi connectivity index (χ0n) is 4.12. The van der Waals surface area contributed by atoms with Crippen LogP contribution in [0.25, 0.3) is 0 Å². The Morgan fingerprint density at radius 1 is 1.25 bits per heavy atom. The second-order valence-corrected chi connectivity index (χ2v) is 0. The fourth-order valence-electron chi connectivity index (χ4n) is 0. The van der Waals surface area contributed by atoms with Crippen molar-refractivity contribution in [3.63, 3.8) is 0 Å². The van der Waals surface area contributed by atoms with Crippen LogP contribution in [0, 0.1) is 0 Å². The van der Waals surface area contributed by atoms with Crippen LogP contribution in [-0.2, 0) is 0 Å². The summed E-state index contributed by atoms with van der Waals surface area (Å²) in [6, 6.07) is 0. The molecule has 0 spiro atoms. The first-order chi connectivity index (χ1) is 0. The van der Waals surface area contributed by atoms with Gasteiger partial charge in [0, 0.05) is 0 Å². The van der Waals surface area contributed by atoms with Crippen molar-refractivity contribution < 1.29 is 2.85 Å². The van der Waals surface area contributed by atoms with Crippen LogP contribution in [0.5, 0.6) is 0 Å². The van der Waals surface area contributed by atoms with E-state index in [0.29, 0.717) is 0 Å². The van der Waals surface area contributed by atoms with Crippen LogP contribution < -0.4 is 0 Å². The van der Waals surface area contributed by atoms with Crippen LogP contribution in [0.2, 0.25) is 0 Å². The Morgan fingerprint density at radius 2 is 1.25 bits per heavy atom. The predicted octanol–water partition coefficient (Wildman–Crippen LogP) is -3.44. The van der Waals surface area contributed by atoms with E-state index in [0.717, 1.165) is 0 Å². The van der Waals surface area contributed by atoms with E-state index in [1.165, 1.54) is 0 Å². The molecule has 2 radical (unpaired) electrons. The molecule has 0 saturated carbocycles. The first kappa shape index (κ1) is 24.4. The van der Waals surface area contributed by atoms with Gasteiger partial charge >= 0.3 is 121 Å². The molecular weight excluding hydrogens is 530 g/mol. The van der Waals surface area contributed by atoms with Gasteiger partial charge in [0.1, 0.15) is 0 Å². The third-order valence-corrected chi connectivity index (χ3v) is 0. The first-order valence-electron chi connectivity index (χ1n) is 0. The van der Waals surface area contributed by atoms with Crippen LogP contribution in [0.4, 0.5) is 0 Å². The van der Waals surface area contributed by atoms with Crippen LogP contribution >= 0.6 is 0 Å². The summed E-state index contributed by atoms with van der Waals surface area (Å²) < 4.78 is 0. The average molecular weight is 540 g/mol. The molecule has 0 aromatic carbocycles. The molecule has 0 heterocycles. The van der Waals surface area contributed by atoms with Crippen molar-refractivity contribution >= 4 is 121 Å². The van der Waals surface area contributed by atoms with E-state index < -0.39 is 0 Å². The van der Waals surface area contributed by atoms with E-state index in [4.69, 9.17) is 0 Å². The van der Waals surface area contributed by atoms with Gasteiger partial charge < -0.3 is 2.85 Å². The molecule has 0 rings (SSSR count). The Morgan fingerprint density at radius 3 is 1.25 bits per heavy atom. The van der Waals surface area contributed by atoms with Gasteiger partial charge in [-0.1, -0.05) is 0 Å². The summed E-state index contributed by atoms with van der Waals surface area (Å²) in [6.45, 7) is 0. The van der Waals surface area contributed by atoms with E-state index >= 15 is 0 Å². The molecule has 0 saturated heterocycles. The summed E-state index contributed by atoms with van der Waals surface area (Å²) in [6.07, 6.45) is 0. The SMILES string of the molecule is [BiH3].[H-].[H-].[InH3].[SnH2].[Sr+2]. The molecule has 0 bridgehead atoms. The molecule has 0 unspecified atom stereocenters. The standard InChI is InChI=1S/Bi.In.Sn.Sr.10H/q;;;+2;;;;;;;;;2*-1. The molecule has 0 aliphatic carbocycles. The second kappa shape index (κ2) is 15.7. The largest absolute Gasteiger partial charge is 2.00 e. The van der Waals surface area contributed by atoms with E-state index in [2.05, 4.69) is 0 Å². The monoisotopic (exact) mass is 542 g/mol. The third kappa shape index (κ3) is 9.40. The van der Waals surface area contributed by atoms with Gasteiger partial charge in [-0.05, 0) is 0 Å². The molecule has 0 nitrogen and oxygen atoms in total. The maximum atomic E-state index is 0. The van der Waals surface area contributed by atoms with E-state index in [-0.39, 0.29) is 124 Å². The zero-order chi connectivity index (χ0) is 0. The van der Waals surface area contributed by atoms with Gasteiger partial charge in [0.15, 0.2) is 0 Å². The van der Waals surface area contributed by atoms with Crippen LogP contribution in [0.1, 0.15) is 2.85 Å². The summed E-state index contributed by atoms with van der Waals surface area (Å²) in [5.74, 6) is 0. The maximum absolute atomic E-state index is 0. The molecule has 4 heavy (non-hydrogen) atoms. The molecule has 0 atom stereocenters. The number of hydrogen-bond acceptors (Lipinski definition) is 0. The van der Waals surface area contributed by atoms with Gasteiger partial charge in [-0.25, -0.2) is 0 Å². The fourth-order valence-corrected chi connectivity index (χ4v) is 0. The molecule has 0 fully saturated rings. The molecule has 0 aliphatic heterocycles. The smallest absolute Gasteiger partial charge is 2.00 e. The minimum atomic E-state index is 0. The third-order valence-electron chi connectivity index (χ3n) is 0. The summed E-state index contributed by atoms with van der Waals surface area (Å²) in [7, 11) is 0. The average Bonchev–Trinajstić information content (AvgIpc) is 0. The Bertz CT molecular complexity index is 13.5. The van der Waals surface area contributed by atoms with Crippen molar-refractivity contribution in [2.75, 3.05) is 0 Å². The molecular formula is H10BiInSnSr. The Balaban J connectivity index is 0. The Labute approximate surface area is 121 Å². The molecule has 0 N–H and O–H groups in total. The van der Waals surface area contributed by atoms with Gasteiger partial charge in [0.2, 0.25) is 0 Å². The van der Waals surface area contributed by atoms with Gasteiger partial charge in [-0.3, -0.25) is 0 Å². The molecule has 0 aliphatic rings. The number of rotatable bonds is 0. The van der Waals surface area contributed by atoms with Crippen LogP contribution in [0.15, 0.2) is 0 Å².